The van der Waals surface area contributed by atoms with Crippen molar-refractivity contribution in [1.82, 2.24) is 20.2 Å². The van der Waals surface area contributed by atoms with Crippen LogP contribution in [-0.4, -0.2) is 52.8 Å². The van der Waals surface area contributed by atoms with Gasteiger partial charge in [-0.3, -0.25) is 9.59 Å². The van der Waals surface area contributed by atoms with Crippen LogP contribution in [0.25, 0.3) is 0 Å². The van der Waals surface area contributed by atoms with Crippen LogP contribution >= 0.6 is 0 Å². The lowest BCUT2D eigenvalue weighted by Gasteiger charge is -2.17. The summed E-state index contributed by atoms with van der Waals surface area (Å²) in [5, 5.41) is 4.91. The van der Waals surface area contributed by atoms with E-state index in [1.807, 2.05) is 48.5 Å². The zero-order valence-corrected chi connectivity index (χ0v) is 20.3. The van der Waals surface area contributed by atoms with Crippen LogP contribution in [0.15, 0.2) is 73.2 Å². The van der Waals surface area contributed by atoms with Crippen molar-refractivity contribution in [1.29, 1.82) is 0 Å². The molecule has 0 radical (unpaired) electrons. The number of nitrogens with one attached hydrogen (secondary N) is 2. The van der Waals surface area contributed by atoms with E-state index in [0.29, 0.717) is 5.69 Å². The van der Waals surface area contributed by atoms with Crippen molar-refractivity contribution in [3.8, 4) is 0 Å². The first kappa shape index (κ1) is 26.9. The van der Waals surface area contributed by atoms with Crippen molar-refractivity contribution in [2.75, 3.05) is 13.2 Å². The molecule has 3 rings (SSSR count). The van der Waals surface area contributed by atoms with E-state index in [0.717, 1.165) is 15.7 Å². The van der Waals surface area contributed by atoms with E-state index in [1.54, 1.807) is 19.1 Å². The van der Waals surface area contributed by atoms with E-state index in [4.69, 9.17) is 14.2 Å². The van der Waals surface area contributed by atoms with Gasteiger partial charge in [0.2, 0.25) is 5.91 Å². The number of aromatic nitrogens is 2. The lowest BCUT2D eigenvalue weighted by Crippen LogP contribution is -2.49. The number of nitrogens with zero attached hydrogens (tertiary/aromatic N) is 2. The molecule has 0 aliphatic rings. The summed E-state index contributed by atoms with van der Waals surface area (Å²) in [6.45, 7) is 1.53. The maximum atomic E-state index is 12.8. The number of ether oxygens (including phenoxy) is 3. The predicted molar refractivity (Wildman–Crippen MR) is 131 cm³/mol. The van der Waals surface area contributed by atoms with E-state index in [2.05, 4.69) is 15.6 Å². The molecule has 1 atom stereocenters. The average Bonchev–Trinajstić information content (AvgIpc) is 3.39. The van der Waals surface area contributed by atoms with Crippen LogP contribution in [0.5, 0.6) is 0 Å². The molecule has 11 heteroatoms. The van der Waals surface area contributed by atoms with Gasteiger partial charge in [0.25, 0.3) is 0 Å². The number of alkyl carbamates (subject to hydrolysis) is 1. The molecule has 0 saturated heterocycles. The number of esters is 1. The number of rotatable bonds is 11. The summed E-state index contributed by atoms with van der Waals surface area (Å²) < 4.78 is 16.4. The molecule has 0 aliphatic heterocycles. The van der Waals surface area contributed by atoms with Gasteiger partial charge in [0, 0.05) is 12.6 Å². The largest absolute Gasteiger partial charge is 0.465 e. The molecule has 0 saturated carbocycles. The van der Waals surface area contributed by atoms with Gasteiger partial charge in [-0.05, 0) is 18.1 Å². The van der Waals surface area contributed by atoms with Crippen LogP contribution in [0.2, 0.25) is 0 Å². The minimum Gasteiger partial charge on any atom is -0.465 e. The molecular formula is C26H28N4O7. The van der Waals surface area contributed by atoms with E-state index in [9.17, 15) is 19.2 Å². The zero-order chi connectivity index (χ0) is 26.5. The van der Waals surface area contributed by atoms with Gasteiger partial charge < -0.3 is 24.8 Å². The summed E-state index contributed by atoms with van der Waals surface area (Å²) in [6.07, 6.45) is 1.09. The average molecular weight is 509 g/mol. The highest BCUT2D eigenvalue weighted by Gasteiger charge is 2.24. The molecule has 37 heavy (non-hydrogen) atoms. The number of hydrogen-bond donors (Lipinski definition) is 2. The van der Waals surface area contributed by atoms with Crippen LogP contribution in [0.3, 0.4) is 0 Å². The fourth-order valence-corrected chi connectivity index (χ4v) is 3.18. The fourth-order valence-electron chi connectivity index (χ4n) is 3.18. The molecule has 2 N–H and O–H groups in total. The highest BCUT2D eigenvalue weighted by molar-refractivity contribution is 5.88. The minimum atomic E-state index is -1.14. The summed E-state index contributed by atoms with van der Waals surface area (Å²) in [4.78, 5) is 53.3. The van der Waals surface area contributed by atoms with Crippen molar-refractivity contribution in [3.63, 3.8) is 0 Å². The van der Waals surface area contributed by atoms with E-state index < -0.39 is 30.1 Å². The van der Waals surface area contributed by atoms with Crippen molar-refractivity contribution in [2.24, 2.45) is 0 Å². The minimum absolute atomic E-state index is 0.00567. The normalized spacial score (nSPS) is 11.2. The SMILES string of the molecule is CCOC(=O)CNC(=O)[C@@H](Cc1cn(C(=O)OCc2ccccc2)cn1)NC(=O)OCc1ccccc1. The Balaban J connectivity index is 1.61. The third kappa shape index (κ3) is 9.13. The lowest BCUT2D eigenvalue weighted by atomic mass is 10.1. The van der Waals surface area contributed by atoms with Gasteiger partial charge in [0.1, 0.15) is 32.1 Å². The Hall–Kier alpha value is -4.67. The van der Waals surface area contributed by atoms with E-state index in [-0.39, 0.29) is 32.8 Å². The van der Waals surface area contributed by atoms with Gasteiger partial charge in [0.05, 0.1) is 12.3 Å². The van der Waals surface area contributed by atoms with Crippen molar-refractivity contribution >= 4 is 24.1 Å². The summed E-state index contributed by atoms with van der Waals surface area (Å²) in [5.74, 6) is -1.27. The Morgan fingerprint density at radius 2 is 1.51 bits per heavy atom. The summed E-state index contributed by atoms with van der Waals surface area (Å²) in [7, 11) is 0. The smallest absolute Gasteiger partial charge is 0.419 e. The van der Waals surface area contributed by atoms with Crippen LogP contribution in [0.1, 0.15) is 23.7 Å². The fraction of sp³-hybridized carbons (Fsp3) is 0.269. The van der Waals surface area contributed by atoms with Gasteiger partial charge >= 0.3 is 18.2 Å². The first-order valence-electron chi connectivity index (χ1n) is 11.6. The molecule has 0 spiro atoms. The molecular weight excluding hydrogens is 480 g/mol. The Morgan fingerprint density at radius 1 is 0.892 bits per heavy atom. The molecule has 3 aromatic rings. The second-order valence-electron chi connectivity index (χ2n) is 7.80. The maximum Gasteiger partial charge on any atom is 0.419 e. The monoisotopic (exact) mass is 508 g/mol. The molecule has 1 aromatic heterocycles. The van der Waals surface area contributed by atoms with Gasteiger partial charge in [-0.15, -0.1) is 0 Å². The number of benzene rings is 2. The molecule has 194 valence electrons. The Kier molecular flexibility index (Phi) is 10.2. The Labute approximate surface area is 213 Å². The van der Waals surface area contributed by atoms with Crippen LogP contribution in [-0.2, 0) is 43.4 Å². The topological polar surface area (TPSA) is 138 Å². The number of imidazole rings is 1. The predicted octanol–water partition coefficient (Wildman–Crippen LogP) is 2.58. The second kappa shape index (κ2) is 14.0. The van der Waals surface area contributed by atoms with Crippen LogP contribution in [0, 0.1) is 0 Å². The number of hydrogen-bond acceptors (Lipinski definition) is 8. The molecule has 1 heterocycles. The second-order valence-corrected chi connectivity index (χ2v) is 7.80. The van der Waals surface area contributed by atoms with Gasteiger partial charge in [-0.1, -0.05) is 60.7 Å². The summed E-state index contributed by atoms with van der Waals surface area (Å²) in [6, 6.07) is 17.1. The Bertz CT molecular complexity index is 1180. The number of carbonyl (C=O) groups is 4. The first-order chi connectivity index (χ1) is 17.9. The quantitative estimate of drug-likeness (QED) is 0.298. The maximum absolute atomic E-state index is 12.8. The standard InChI is InChI=1S/C26H28N4O7/c1-2-35-23(31)14-27-24(32)22(29-25(33)36-16-19-9-5-3-6-10-19)13-21-15-30(18-28-21)26(34)37-17-20-11-7-4-8-12-20/h3-12,15,18,22H,2,13-14,16-17H2,1H3,(H,27,32)(H,29,33)/t22-/m1/s1. The molecule has 0 aliphatic carbocycles. The van der Waals surface area contributed by atoms with E-state index in [1.165, 1.54) is 12.5 Å². The molecule has 0 bridgehead atoms. The summed E-state index contributed by atoms with van der Waals surface area (Å²) >= 11 is 0. The Morgan fingerprint density at radius 3 is 2.14 bits per heavy atom. The third-order valence-electron chi connectivity index (χ3n) is 5.00. The molecule has 0 fully saturated rings. The van der Waals surface area contributed by atoms with Gasteiger partial charge in [-0.25, -0.2) is 19.1 Å². The number of amides is 2. The third-order valence-corrected chi connectivity index (χ3v) is 5.00. The summed E-state index contributed by atoms with van der Waals surface area (Å²) in [5.41, 5.74) is 1.93. The van der Waals surface area contributed by atoms with Crippen molar-refractivity contribution in [2.45, 2.75) is 32.6 Å². The zero-order valence-electron chi connectivity index (χ0n) is 20.3. The van der Waals surface area contributed by atoms with Crippen LogP contribution in [0.4, 0.5) is 9.59 Å². The lowest BCUT2D eigenvalue weighted by molar-refractivity contribution is -0.143. The van der Waals surface area contributed by atoms with Crippen molar-refractivity contribution < 1.29 is 33.4 Å². The van der Waals surface area contributed by atoms with Gasteiger partial charge in [0.15, 0.2) is 0 Å². The number of carbonyl (C=O) groups excluding carboxylic acids is 4. The molecule has 2 aromatic carbocycles. The van der Waals surface area contributed by atoms with Crippen LogP contribution < -0.4 is 10.6 Å². The highest BCUT2D eigenvalue weighted by atomic mass is 16.6. The highest BCUT2D eigenvalue weighted by Crippen LogP contribution is 2.07. The molecule has 2 amide bonds. The van der Waals surface area contributed by atoms with E-state index >= 15 is 0 Å². The van der Waals surface area contributed by atoms with Crippen molar-refractivity contribution in [3.05, 3.63) is 90.0 Å². The molecule has 11 nitrogen and oxygen atoms in total. The molecule has 0 unspecified atom stereocenters. The van der Waals surface area contributed by atoms with Gasteiger partial charge in [-0.2, -0.15) is 0 Å². The first-order valence-corrected chi connectivity index (χ1v) is 11.6.